The minimum atomic E-state index is -0.256. The highest BCUT2D eigenvalue weighted by Gasteiger charge is 2.32. The highest BCUT2D eigenvalue weighted by Crippen LogP contribution is 2.35. The molecule has 0 unspecified atom stereocenters. The van der Waals surface area contributed by atoms with Gasteiger partial charge in [-0.3, -0.25) is 9.59 Å². The third-order valence-electron chi connectivity index (χ3n) is 3.21. The van der Waals surface area contributed by atoms with E-state index >= 15 is 0 Å². The first-order chi connectivity index (χ1) is 9.02. The van der Waals surface area contributed by atoms with E-state index in [1.807, 2.05) is 0 Å². The largest absolute Gasteiger partial charge is 0.397 e. The Labute approximate surface area is 120 Å². The standard InChI is InChI=1S/C14H9NO2S2/c15-12-9(19)5-4-7-11(12)14(17)6-2-1-3-8(18)10(6)13(7)16/h1-5,18-19H,15H2. The minimum absolute atomic E-state index is 0.227. The Kier molecular flexibility index (Phi) is 2.69. The number of benzene rings is 2. The monoisotopic (exact) mass is 287 g/mol. The van der Waals surface area contributed by atoms with E-state index in [0.29, 0.717) is 26.5 Å². The third-order valence-corrected chi connectivity index (χ3v) is 3.97. The van der Waals surface area contributed by atoms with Crippen LogP contribution in [0.5, 0.6) is 0 Å². The highest BCUT2D eigenvalue weighted by molar-refractivity contribution is 7.80. The average molecular weight is 287 g/mol. The molecule has 2 N–H and O–H groups in total. The second-order valence-corrected chi connectivity index (χ2v) is 5.24. The Morgan fingerprint density at radius 2 is 1.42 bits per heavy atom. The number of carbonyl (C=O) groups excluding carboxylic acids is 2. The van der Waals surface area contributed by atoms with Gasteiger partial charge in [0.25, 0.3) is 0 Å². The van der Waals surface area contributed by atoms with E-state index in [0.717, 1.165) is 0 Å². The van der Waals surface area contributed by atoms with Crippen LogP contribution >= 0.6 is 25.3 Å². The first-order valence-corrected chi connectivity index (χ1v) is 6.44. The van der Waals surface area contributed by atoms with Crippen molar-refractivity contribution >= 4 is 42.5 Å². The van der Waals surface area contributed by atoms with E-state index in [1.165, 1.54) is 0 Å². The minimum Gasteiger partial charge on any atom is -0.397 e. The molecule has 0 bridgehead atoms. The number of thiol groups is 2. The zero-order valence-electron chi connectivity index (χ0n) is 9.68. The summed E-state index contributed by atoms with van der Waals surface area (Å²) in [6.07, 6.45) is 0. The van der Waals surface area contributed by atoms with Gasteiger partial charge in [-0.2, -0.15) is 0 Å². The SMILES string of the molecule is Nc1c(S)ccc2c1C(=O)c1cccc(S)c1C2=O. The molecule has 0 heterocycles. The summed E-state index contributed by atoms with van der Waals surface area (Å²) in [5.41, 5.74) is 7.37. The van der Waals surface area contributed by atoms with Crippen molar-refractivity contribution in [3.05, 3.63) is 52.6 Å². The number of rotatable bonds is 0. The summed E-state index contributed by atoms with van der Waals surface area (Å²) in [6, 6.07) is 8.20. The normalized spacial score (nSPS) is 13.2. The lowest BCUT2D eigenvalue weighted by molar-refractivity contribution is 0.0977. The predicted molar refractivity (Wildman–Crippen MR) is 78.7 cm³/mol. The molecule has 0 aliphatic heterocycles. The number of nitrogens with two attached hydrogens (primary N) is 1. The van der Waals surface area contributed by atoms with Crippen LogP contribution in [0.3, 0.4) is 0 Å². The van der Waals surface area contributed by atoms with Gasteiger partial charge in [0, 0.05) is 26.5 Å². The molecule has 1 aliphatic carbocycles. The van der Waals surface area contributed by atoms with Gasteiger partial charge in [0.15, 0.2) is 11.6 Å². The molecule has 0 spiro atoms. The van der Waals surface area contributed by atoms with Gasteiger partial charge in [-0.15, -0.1) is 25.3 Å². The summed E-state index contributed by atoms with van der Waals surface area (Å²) < 4.78 is 0. The zero-order valence-corrected chi connectivity index (χ0v) is 11.5. The first kappa shape index (κ1) is 12.3. The van der Waals surface area contributed by atoms with Crippen LogP contribution in [0.2, 0.25) is 0 Å². The molecule has 5 heteroatoms. The maximum atomic E-state index is 12.5. The Hall–Kier alpha value is -1.72. The molecule has 0 atom stereocenters. The summed E-state index contributed by atoms with van der Waals surface area (Å²) in [5.74, 6) is -0.482. The summed E-state index contributed by atoms with van der Waals surface area (Å²) in [5, 5.41) is 0. The van der Waals surface area contributed by atoms with Gasteiger partial charge in [-0.05, 0) is 18.2 Å². The van der Waals surface area contributed by atoms with Crippen LogP contribution in [0.25, 0.3) is 0 Å². The van der Waals surface area contributed by atoms with Crippen molar-refractivity contribution in [2.75, 3.05) is 5.73 Å². The fourth-order valence-electron chi connectivity index (χ4n) is 2.28. The Balaban J connectivity index is 2.40. The molecule has 0 amide bonds. The molecule has 0 aromatic heterocycles. The maximum Gasteiger partial charge on any atom is 0.196 e. The maximum absolute atomic E-state index is 12.5. The number of hydrogen-bond donors (Lipinski definition) is 3. The van der Waals surface area contributed by atoms with Gasteiger partial charge >= 0.3 is 0 Å². The topological polar surface area (TPSA) is 60.2 Å². The zero-order chi connectivity index (χ0) is 13.7. The van der Waals surface area contributed by atoms with Crippen molar-refractivity contribution < 1.29 is 9.59 Å². The van der Waals surface area contributed by atoms with E-state index in [1.54, 1.807) is 30.3 Å². The van der Waals surface area contributed by atoms with Crippen LogP contribution in [0.1, 0.15) is 31.8 Å². The summed E-state index contributed by atoms with van der Waals surface area (Å²) in [6.45, 7) is 0. The molecule has 0 saturated heterocycles. The predicted octanol–water partition coefficient (Wildman–Crippen LogP) is 2.62. The van der Waals surface area contributed by atoms with Gasteiger partial charge in [0.1, 0.15) is 0 Å². The van der Waals surface area contributed by atoms with Gasteiger partial charge in [0.2, 0.25) is 0 Å². The summed E-state index contributed by atoms with van der Waals surface area (Å²) >= 11 is 8.44. The Morgan fingerprint density at radius 1 is 0.789 bits per heavy atom. The molecule has 19 heavy (non-hydrogen) atoms. The number of nitrogen functional groups attached to an aromatic ring is 1. The van der Waals surface area contributed by atoms with Crippen LogP contribution in [0.15, 0.2) is 40.1 Å². The lowest BCUT2D eigenvalue weighted by Gasteiger charge is -2.20. The van der Waals surface area contributed by atoms with Crippen molar-refractivity contribution in [2.45, 2.75) is 9.79 Å². The molecule has 94 valence electrons. The number of ketones is 2. The summed E-state index contributed by atoms with van der Waals surface area (Å²) in [4.78, 5) is 25.9. The van der Waals surface area contributed by atoms with Crippen LogP contribution in [-0.4, -0.2) is 11.6 Å². The molecule has 0 saturated carbocycles. The molecule has 3 nitrogen and oxygen atoms in total. The van der Waals surface area contributed by atoms with Gasteiger partial charge in [0.05, 0.1) is 11.3 Å². The van der Waals surface area contributed by atoms with Crippen LogP contribution in [0.4, 0.5) is 5.69 Å². The van der Waals surface area contributed by atoms with Crippen LogP contribution < -0.4 is 5.73 Å². The molecule has 2 aromatic rings. The van der Waals surface area contributed by atoms with Crippen LogP contribution in [-0.2, 0) is 0 Å². The number of hydrogen-bond acceptors (Lipinski definition) is 5. The quantitative estimate of drug-likeness (QED) is 0.440. The molecule has 3 rings (SSSR count). The Bertz CT molecular complexity index is 753. The lowest BCUT2D eigenvalue weighted by Crippen LogP contribution is -2.23. The van der Waals surface area contributed by atoms with Gasteiger partial charge < -0.3 is 5.73 Å². The second-order valence-electron chi connectivity index (χ2n) is 4.28. The van der Waals surface area contributed by atoms with Crippen molar-refractivity contribution in [1.82, 2.24) is 0 Å². The molecule has 1 aliphatic rings. The molecule has 0 fully saturated rings. The molecule has 2 aromatic carbocycles. The summed E-state index contributed by atoms with van der Waals surface area (Å²) in [7, 11) is 0. The van der Waals surface area contributed by atoms with Crippen molar-refractivity contribution in [3.63, 3.8) is 0 Å². The fraction of sp³-hybridized carbons (Fsp3) is 0. The molecular formula is C14H9NO2S2. The van der Waals surface area contributed by atoms with Gasteiger partial charge in [-0.25, -0.2) is 0 Å². The van der Waals surface area contributed by atoms with Crippen molar-refractivity contribution in [1.29, 1.82) is 0 Å². The molecular weight excluding hydrogens is 278 g/mol. The number of anilines is 1. The second kappa shape index (κ2) is 4.15. The third kappa shape index (κ3) is 1.62. The van der Waals surface area contributed by atoms with Crippen molar-refractivity contribution in [2.24, 2.45) is 0 Å². The van der Waals surface area contributed by atoms with E-state index in [-0.39, 0.29) is 22.8 Å². The number of carbonyl (C=O) groups is 2. The van der Waals surface area contributed by atoms with E-state index < -0.39 is 0 Å². The van der Waals surface area contributed by atoms with E-state index in [2.05, 4.69) is 25.3 Å². The van der Waals surface area contributed by atoms with Gasteiger partial charge in [-0.1, -0.05) is 12.1 Å². The van der Waals surface area contributed by atoms with E-state index in [9.17, 15) is 9.59 Å². The Morgan fingerprint density at radius 3 is 2.16 bits per heavy atom. The number of fused-ring (bicyclic) bond motifs is 2. The average Bonchev–Trinajstić information content (AvgIpc) is 2.39. The van der Waals surface area contributed by atoms with Crippen molar-refractivity contribution in [3.8, 4) is 0 Å². The first-order valence-electron chi connectivity index (χ1n) is 5.55. The fourth-order valence-corrected chi connectivity index (χ4v) is 2.77. The van der Waals surface area contributed by atoms with E-state index in [4.69, 9.17) is 5.73 Å². The van der Waals surface area contributed by atoms with Crippen LogP contribution in [0, 0.1) is 0 Å². The highest BCUT2D eigenvalue weighted by atomic mass is 32.1. The molecule has 0 radical (unpaired) electrons. The smallest absolute Gasteiger partial charge is 0.196 e. The lowest BCUT2D eigenvalue weighted by atomic mass is 9.83.